The van der Waals surface area contributed by atoms with Gasteiger partial charge >= 0.3 is 0 Å². The normalized spacial score (nSPS) is 20.1. The van der Waals surface area contributed by atoms with Crippen LogP contribution in [0.2, 0.25) is 0 Å². The van der Waals surface area contributed by atoms with Gasteiger partial charge in [-0.25, -0.2) is 0 Å². The molecule has 5 nitrogen and oxygen atoms in total. The number of nitrogens with one attached hydrogen (secondary N) is 1. The molecule has 0 spiro atoms. The highest BCUT2D eigenvalue weighted by Crippen LogP contribution is 2.25. The van der Waals surface area contributed by atoms with E-state index in [0.717, 1.165) is 11.1 Å². The number of hydrogen-bond donors (Lipinski definition) is 2. The van der Waals surface area contributed by atoms with Gasteiger partial charge in [-0.3, -0.25) is 4.79 Å². The van der Waals surface area contributed by atoms with E-state index in [1.807, 2.05) is 60.7 Å². The van der Waals surface area contributed by atoms with E-state index in [4.69, 9.17) is 14.6 Å². The molecule has 0 radical (unpaired) electrons. The van der Waals surface area contributed by atoms with Crippen molar-refractivity contribution in [3.05, 3.63) is 71.8 Å². The SMILES string of the molecule is O=C(N[C@@H]1CCOC[C@H]1OCCO)C(c1ccccc1)c1ccccc1. The molecule has 26 heavy (non-hydrogen) atoms. The van der Waals surface area contributed by atoms with Gasteiger partial charge < -0.3 is 19.9 Å². The zero-order valence-corrected chi connectivity index (χ0v) is 14.7. The van der Waals surface area contributed by atoms with E-state index < -0.39 is 0 Å². The average Bonchev–Trinajstić information content (AvgIpc) is 2.69. The van der Waals surface area contributed by atoms with E-state index in [1.54, 1.807) is 0 Å². The van der Waals surface area contributed by atoms with Crippen LogP contribution in [0.4, 0.5) is 0 Å². The van der Waals surface area contributed by atoms with Gasteiger partial charge in [-0.15, -0.1) is 0 Å². The quantitative estimate of drug-likeness (QED) is 0.798. The van der Waals surface area contributed by atoms with Gasteiger partial charge in [0.15, 0.2) is 0 Å². The number of rotatable bonds is 7. The number of carbonyl (C=O) groups excluding carboxylic acids is 1. The smallest absolute Gasteiger partial charge is 0.232 e. The van der Waals surface area contributed by atoms with Crippen LogP contribution in [0, 0.1) is 0 Å². The summed E-state index contributed by atoms with van der Waals surface area (Å²) in [5.41, 5.74) is 1.91. The Kier molecular flexibility index (Phi) is 6.77. The summed E-state index contributed by atoms with van der Waals surface area (Å²) >= 11 is 0. The number of aliphatic hydroxyl groups excluding tert-OH is 1. The Morgan fingerprint density at radius 2 is 1.73 bits per heavy atom. The van der Waals surface area contributed by atoms with Crippen molar-refractivity contribution in [1.82, 2.24) is 5.32 Å². The first kappa shape index (κ1) is 18.6. The van der Waals surface area contributed by atoms with E-state index in [-0.39, 0.29) is 37.2 Å². The Balaban J connectivity index is 1.79. The van der Waals surface area contributed by atoms with Gasteiger partial charge in [-0.1, -0.05) is 60.7 Å². The van der Waals surface area contributed by atoms with Crippen LogP contribution < -0.4 is 5.32 Å². The third-order valence-electron chi connectivity index (χ3n) is 4.58. The van der Waals surface area contributed by atoms with E-state index in [9.17, 15) is 4.79 Å². The van der Waals surface area contributed by atoms with Crippen molar-refractivity contribution in [2.24, 2.45) is 0 Å². The molecule has 2 atom stereocenters. The van der Waals surface area contributed by atoms with Crippen LogP contribution in [-0.4, -0.2) is 49.6 Å². The molecule has 0 unspecified atom stereocenters. The van der Waals surface area contributed by atoms with Crippen LogP contribution >= 0.6 is 0 Å². The first-order valence-electron chi connectivity index (χ1n) is 9.00. The lowest BCUT2D eigenvalue weighted by molar-refractivity contribution is -0.127. The largest absolute Gasteiger partial charge is 0.394 e. The van der Waals surface area contributed by atoms with Crippen molar-refractivity contribution in [3.8, 4) is 0 Å². The lowest BCUT2D eigenvalue weighted by Crippen LogP contribution is -2.51. The van der Waals surface area contributed by atoms with Crippen LogP contribution in [0.3, 0.4) is 0 Å². The zero-order chi connectivity index (χ0) is 18.2. The van der Waals surface area contributed by atoms with Crippen molar-refractivity contribution < 1.29 is 19.4 Å². The van der Waals surface area contributed by atoms with Gasteiger partial charge in [0.05, 0.1) is 31.8 Å². The minimum absolute atomic E-state index is 0.0478. The molecule has 0 saturated carbocycles. The van der Waals surface area contributed by atoms with Crippen molar-refractivity contribution >= 4 is 5.91 Å². The van der Waals surface area contributed by atoms with Crippen LogP contribution in [0.25, 0.3) is 0 Å². The highest BCUT2D eigenvalue weighted by atomic mass is 16.5. The molecular formula is C21H25NO4. The maximum Gasteiger partial charge on any atom is 0.232 e. The minimum atomic E-state index is -0.376. The molecule has 2 aromatic carbocycles. The Morgan fingerprint density at radius 3 is 2.31 bits per heavy atom. The fraction of sp³-hybridized carbons (Fsp3) is 0.381. The van der Waals surface area contributed by atoms with Crippen molar-refractivity contribution in [1.29, 1.82) is 0 Å². The lowest BCUT2D eigenvalue weighted by atomic mass is 9.90. The van der Waals surface area contributed by atoms with Gasteiger partial charge in [-0.2, -0.15) is 0 Å². The summed E-state index contributed by atoms with van der Waals surface area (Å²) in [4.78, 5) is 13.2. The maximum atomic E-state index is 13.2. The molecule has 1 heterocycles. The van der Waals surface area contributed by atoms with E-state index in [2.05, 4.69) is 5.32 Å². The second-order valence-corrected chi connectivity index (χ2v) is 6.37. The average molecular weight is 355 g/mol. The molecule has 0 aromatic heterocycles. The third-order valence-corrected chi connectivity index (χ3v) is 4.58. The summed E-state index contributed by atoms with van der Waals surface area (Å²) < 4.78 is 11.1. The monoisotopic (exact) mass is 355 g/mol. The number of ether oxygens (including phenoxy) is 2. The fourth-order valence-corrected chi connectivity index (χ4v) is 3.30. The molecule has 1 aliphatic heterocycles. The molecular weight excluding hydrogens is 330 g/mol. The van der Waals surface area contributed by atoms with Crippen molar-refractivity contribution in [2.75, 3.05) is 26.4 Å². The first-order valence-corrected chi connectivity index (χ1v) is 9.00. The maximum absolute atomic E-state index is 13.2. The minimum Gasteiger partial charge on any atom is -0.394 e. The molecule has 1 amide bonds. The van der Waals surface area contributed by atoms with E-state index >= 15 is 0 Å². The molecule has 1 aliphatic rings. The predicted molar refractivity (Wildman–Crippen MR) is 98.9 cm³/mol. The number of amides is 1. The van der Waals surface area contributed by atoms with Crippen LogP contribution in [0.15, 0.2) is 60.7 Å². The molecule has 1 fully saturated rings. The molecule has 3 rings (SSSR count). The van der Waals surface area contributed by atoms with Gasteiger partial charge in [0.2, 0.25) is 5.91 Å². The first-order chi connectivity index (χ1) is 12.8. The standard InChI is InChI=1S/C21H25NO4/c23-12-14-26-19-15-25-13-11-18(19)22-21(24)20(16-7-3-1-4-8-16)17-9-5-2-6-10-17/h1-10,18-20,23H,11-15H2,(H,22,24)/t18-,19-/m1/s1. The van der Waals surface area contributed by atoms with Crippen LogP contribution in [-0.2, 0) is 14.3 Å². The second kappa shape index (κ2) is 9.48. The molecule has 5 heteroatoms. The number of aliphatic hydroxyl groups is 1. The fourth-order valence-electron chi connectivity index (χ4n) is 3.30. The molecule has 2 N–H and O–H groups in total. The Labute approximate surface area is 153 Å². The van der Waals surface area contributed by atoms with Crippen LogP contribution in [0.1, 0.15) is 23.5 Å². The Morgan fingerprint density at radius 1 is 1.12 bits per heavy atom. The highest BCUT2D eigenvalue weighted by molar-refractivity contribution is 5.87. The van der Waals surface area contributed by atoms with E-state index in [0.29, 0.717) is 19.6 Å². The van der Waals surface area contributed by atoms with Gasteiger partial charge in [0.25, 0.3) is 0 Å². The number of hydrogen-bond acceptors (Lipinski definition) is 4. The summed E-state index contributed by atoms with van der Waals surface area (Å²) in [6.45, 7) is 1.20. The van der Waals surface area contributed by atoms with Crippen molar-refractivity contribution in [2.45, 2.75) is 24.5 Å². The third kappa shape index (κ3) is 4.69. The van der Waals surface area contributed by atoms with Crippen LogP contribution in [0.5, 0.6) is 0 Å². The van der Waals surface area contributed by atoms with Gasteiger partial charge in [0, 0.05) is 6.61 Å². The summed E-state index contributed by atoms with van der Waals surface area (Å²) in [5, 5.41) is 12.1. The summed E-state index contributed by atoms with van der Waals surface area (Å²) in [5.74, 6) is -0.425. The second-order valence-electron chi connectivity index (χ2n) is 6.37. The molecule has 1 saturated heterocycles. The summed E-state index contributed by atoms with van der Waals surface area (Å²) in [7, 11) is 0. The number of carbonyl (C=O) groups is 1. The zero-order valence-electron chi connectivity index (χ0n) is 14.7. The summed E-state index contributed by atoms with van der Waals surface area (Å²) in [6.07, 6.45) is 0.449. The molecule has 2 aromatic rings. The molecule has 0 aliphatic carbocycles. The van der Waals surface area contributed by atoms with Crippen molar-refractivity contribution in [3.63, 3.8) is 0 Å². The topological polar surface area (TPSA) is 67.8 Å². The van der Waals surface area contributed by atoms with Gasteiger partial charge in [-0.05, 0) is 17.5 Å². The Hall–Kier alpha value is -2.21. The molecule has 138 valence electrons. The van der Waals surface area contributed by atoms with E-state index in [1.165, 1.54) is 0 Å². The van der Waals surface area contributed by atoms with Gasteiger partial charge in [0.1, 0.15) is 6.10 Å². The lowest BCUT2D eigenvalue weighted by Gasteiger charge is -2.33. The highest BCUT2D eigenvalue weighted by Gasteiger charge is 2.31. The number of benzene rings is 2. The summed E-state index contributed by atoms with van der Waals surface area (Å²) in [6, 6.07) is 19.4. The molecule has 0 bridgehead atoms. The predicted octanol–water partition coefficient (Wildman–Crippen LogP) is 2.10. The Bertz CT molecular complexity index is 637.